The summed E-state index contributed by atoms with van der Waals surface area (Å²) >= 11 is 1.47. The predicted molar refractivity (Wildman–Crippen MR) is 108 cm³/mol. The summed E-state index contributed by atoms with van der Waals surface area (Å²) in [6.45, 7) is 2.47. The van der Waals surface area contributed by atoms with Gasteiger partial charge in [0, 0.05) is 25.5 Å². The molecule has 150 valence electrons. The molecule has 1 amide bonds. The van der Waals surface area contributed by atoms with Crippen LogP contribution in [-0.2, 0) is 13.6 Å². The number of carbonyl (C=O) groups excluding carboxylic acids is 1. The predicted octanol–water partition coefficient (Wildman–Crippen LogP) is 2.55. The lowest BCUT2D eigenvalue weighted by Gasteiger charge is -2.22. The van der Waals surface area contributed by atoms with Crippen molar-refractivity contribution >= 4 is 27.5 Å². The normalized spacial score (nSPS) is 15.4. The van der Waals surface area contributed by atoms with Crippen LogP contribution in [0.3, 0.4) is 0 Å². The monoisotopic (exact) mass is 403 g/mol. The van der Waals surface area contributed by atoms with Gasteiger partial charge in [0.25, 0.3) is 5.91 Å². The van der Waals surface area contributed by atoms with Gasteiger partial charge in [-0.3, -0.25) is 18.6 Å². The summed E-state index contributed by atoms with van der Waals surface area (Å²) in [7, 11) is 1.58. The number of nitrogens with one attached hydrogen (secondary N) is 1. The summed E-state index contributed by atoms with van der Waals surface area (Å²) in [5.74, 6) is -0.272. The van der Waals surface area contributed by atoms with Crippen LogP contribution in [0.4, 0.5) is 0 Å². The SMILES string of the molecule is Cc1nn(C2CCCCC2)c2sc(C(=O)NCCn3c(O)cn(C)c3=O)cc12. The minimum Gasteiger partial charge on any atom is -0.493 e. The van der Waals surface area contributed by atoms with E-state index in [0.29, 0.717) is 10.9 Å². The van der Waals surface area contributed by atoms with E-state index in [1.165, 1.54) is 45.9 Å². The summed E-state index contributed by atoms with van der Waals surface area (Å²) in [5, 5.41) is 18.4. The Morgan fingerprint density at radius 2 is 2.11 bits per heavy atom. The van der Waals surface area contributed by atoms with Crippen molar-refractivity contribution in [3.63, 3.8) is 0 Å². The molecule has 3 heterocycles. The molecule has 0 bridgehead atoms. The summed E-state index contributed by atoms with van der Waals surface area (Å²) in [5.41, 5.74) is 0.647. The molecular weight excluding hydrogens is 378 g/mol. The quantitative estimate of drug-likeness (QED) is 0.685. The molecule has 28 heavy (non-hydrogen) atoms. The van der Waals surface area contributed by atoms with Crippen LogP contribution in [0.15, 0.2) is 17.1 Å². The third-order valence-electron chi connectivity index (χ3n) is 5.45. The number of amides is 1. The molecule has 0 atom stereocenters. The standard InChI is InChI=1S/C19H25N5O3S/c1-12-14-10-15(28-18(14)24(21-12)13-6-4-3-5-7-13)17(26)20-8-9-23-16(25)11-22(2)19(23)27/h10-11,13,25H,3-9H2,1-2H3,(H,20,26). The molecule has 3 aromatic heterocycles. The number of aromatic nitrogens is 4. The molecule has 9 heteroatoms. The molecule has 2 N–H and O–H groups in total. The zero-order valence-corrected chi connectivity index (χ0v) is 17.0. The van der Waals surface area contributed by atoms with Crippen LogP contribution in [0.2, 0.25) is 0 Å². The third kappa shape index (κ3) is 3.34. The van der Waals surface area contributed by atoms with Crippen LogP contribution < -0.4 is 11.0 Å². The first-order valence-corrected chi connectivity index (χ1v) is 10.5. The highest BCUT2D eigenvalue weighted by atomic mass is 32.1. The molecule has 0 spiro atoms. The lowest BCUT2D eigenvalue weighted by Crippen LogP contribution is -2.30. The molecule has 8 nitrogen and oxygen atoms in total. The zero-order chi connectivity index (χ0) is 19.8. The van der Waals surface area contributed by atoms with E-state index in [2.05, 4.69) is 10.00 Å². The van der Waals surface area contributed by atoms with E-state index < -0.39 is 0 Å². The molecule has 1 aliphatic carbocycles. The fourth-order valence-corrected chi connectivity index (χ4v) is 5.07. The maximum atomic E-state index is 12.6. The van der Waals surface area contributed by atoms with Gasteiger partial charge in [-0.2, -0.15) is 5.10 Å². The van der Waals surface area contributed by atoms with Gasteiger partial charge in [0.2, 0.25) is 5.88 Å². The average molecular weight is 404 g/mol. The molecular formula is C19H25N5O3S. The zero-order valence-electron chi connectivity index (χ0n) is 16.1. The van der Waals surface area contributed by atoms with Crippen molar-refractivity contribution < 1.29 is 9.90 Å². The Morgan fingerprint density at radius 3 is 2.79 bits per heavy atom. The fraction of sp³-hybridized carbons (Fsp3) is 0.526. The Labute approximate surface area is 166 Å². The van der Waals surface area contributed by atoms with E-state index in [1.54, 1.807) is 7.05 Å². The molecule has 0 aromatic carbocycles. The van der Waals surface area contributed by atoms with Crippen LogP contribution >= 0.6 is 11.3 Å². The molecule has 3 aromatic rings. The van der Waals surface area contributed by atoms with E-state index in [1.807, 2.05) is 13.0 Å². The van der Waals surface area contributed by atoms with Gasteiger partial charge in [0.05, 0.1) is 22.8 Å². The first-order valence-electron chi connectivity index (χ1n) is 9.67. The number of fused-ring (bicyclic) bond motifs is 1. The summed E-state index contributed by atoms with van der Waals surface area (Å²) in [6.07, 6.45) is 7.40. The van der Waals surface area contributed by atoms with Gasteiger partial charge in [-0.15, -0.1) is 11.3 Å². The Morgan fingerprint density at radius 1 is 1.36 bits per heavy atom. The smallest absolute Gasteiger partial charge is 0.330 e. The van der Waals surface area contributed by atoms with Crippen molar-refractivity contribution in [2.45, 2.75) is 51.6 Å². The van der Waals surface area contributed by atoms with Crippen LogP contribution in [0, 0.1) is 6.92 Å². The van der Waals surface area contributed by atoms with Crippen LogP contribution in [0.5, 0.6) is 5.88 Å². The maximum absolute atomic E-state index is 12.6. The van der Waals surface area contributed by atoms with Crippen molar-refractivity contribution in [3.8, 4) is 5.88 Å². The van der Waals surface area contributed by atoms with Crippen molar-refractivity contribution in [2.24, 2.45) is 7.05 Å². The molecule has 0 saturated heterocycles. The highest BCUT2D eigenvalue weighted by molar-refractivity contribution is 7.20. The number of thiophene rings is 1. The number of carbonyl (C=O) groups is 1. The van der Waals surface area contributed by atoms with Crippen LogP contribution in [0.25, 0.3) is 10.2 Å². The van der Waals surface area contributed by atoms with Gasteiger partial charge in [0.15, 0.2) is 0 Å². The van der Waals surface area contributed by atoms with Gasteiger partial charge in [-0.25, -0.2) is 4.79 Å². The molecule has 4 rings (SSSR count). The van der Waals surface area contributed by atoms with Gasteiger partial charge in [-0.05, 0) is 25.8 Å². The lowest BCUT2D eigenvalue weighted by molar-refractivity contribution is 0.0956. The summed E-state index contributed by atoms with van der Waals surface area (Å²) in [4.78, 5) is 26.2. The van der Waals surface area contributed by atoms with E-state index in [-0.39, 0.29) is 30.6 Å². The van der Waals surface area contributed by atoms with E-state index in [0.717, 1.165) is 28.8 Å². The number of hydrogen-bond donors (Lipinski definition) is 2. The number of aromatic hydroxyl groups is 1. The minimum atomic E-state index is -0.309. The van der Waals surface area contributed by atoms with Gasteiger partial charge in [0.1, 0.15) is 4.83 Å². The number of nitrogens with zero attached hydrogens (tertiary/aromatic N) is 4. The third-order valence-corrected chi connectivity index (χ3v) is 6.58. The Bertz CT molecular complexity index is 1070. The minimum absolute atomic E-state index is 0.105. The average Bonchev–Trinajstić information content (AvgIpc) is 3.32. The first kappa shape index (κ1) is 18.8. The molecule has 1 aliphatic rings. The molecule has 0 unspecified atom stereocenters. The molecule has 0 aliphatic heterocycles. The Balaban J connectivity index is 1.47. The van der Waals surface area contributed by atoms with Crippen molar-refractivity contribution in [1.29, 1.82) is 0 Å². The molecule has 1 fully saturated rings. The lowest BCUT2D eigenvalue weighted by atomic mass is 9.96. The molecule has 1 saturated carbocycles. The second-order valence-electron chi connectivity index (χ2n) is 7.44. The van der Waals surface area contributed by atoms with Crippen molar-refractivity contribution in [1.82, 2.24) is 24.2 Å². The fourth-order valence-electron chi connectivity index (χ4n) is 3.92. The Hall–Kier alpha value is -2.55. The summed E-state index contributed by atoms with van der Waals surface area (Å²) < 4.78 is 4.66. The van der Waals surface area contributed by atoms with Gasteiger partial charge in [-0.1, -0.05) is 19.3 Å². The largest absolute Gasteiger partial charge is 0.493 e. The second kappa shape index (κ2) is 7.46. The van der Waals surface area contributed by atoms with E-state index in [4.69, 9.17) is 5.10 Å². The maximum Gasteiger partial charge on any atom is 0.330 e. The second-order valence-corrected chi connectivity index (χ2v) is 8.47. The van der Waals surface area contributed by atoms with Crippen molar-refractivity contribution in [2.75, 3.05) is 6.54 Å². The number of imidazole rings is 1. The number of aryl methyl sites for hydroxylation is 2. The highest BCUT2D eigenvalue weighted by Crippen LogP contribution is 2.35. The Kier molecular flexibility index (Phi) is 5.01. The summed E-state index contributed by atoms with van der Waals surface area (Å²) in [6, 6.07) is 2.33. The highest BCUT2D eigenvalue weighted by Gasteiger charge is 2.22. The first-order chi connectivity index (χ1) is 13.5. The van der Waals surface area contributed by atoms with Crippen molar-refractivity contribution in [3.05, 3.63) is 33.3 Å². The number of rotatable bonds is 5. The topological polar surface area (TPSA) is 94.1 Å². The van der Waals surface area contributed by atoms with Gasteiger partial charge >= 0.3 is 5.69 Å². The van der Waals surface area contributed by atoms with E-state index >= 15 is 0 Å². The van der Waals surface area contributed by atoms with Gasteiger partial charge < -0.3 is 10.4 Å². The van der Waals surface area contributed by atoms with Crippen LogP contribution in [-0.4, -0.2) is 36.5 Å². The van der Waals surface area contributed by atoms with E-state index in [9.17, 15) is 14.7 Å². The number of hydrogen-bond acceptors (Lipinski definition) is 5. The van der Waals surface area contributed by atoms with Crippen LogP contribution in [0.1, 0.15) is 53.5 Å². The molecule has 0 radical (unpaired) electrons.